The molecule has 0 saturated carbocycles. The van der Waals surface area contributed by atoms with E-state index in [9.17, 15) is 10.1 Å². The number of hydrogen-bond donors (Lipinski definition) is 0. The van der Waals surface area contributed by atoms with E-state index >= 15 is 0 Å². The monoisotopic (exact) mass is 430 g/mol. The number of rotatable bonds is 7. The van der Waals surface area contributed by atoms with Crippen LogP contribution >= 0.6 is 23.1 Å². The molecule has 0 radical (unpaired) electrons. The molecule has 0 amide bonds. The fraction of sp³-hybridized carbons (Fsp3) is 0.235. The van der Waals surface area contributed by atoms with Crippen molar-refractivity contribution in [1.29, 1.82) is 0 Å². The van der Waals surface area contributed by atoms with Gasteiger partial charge in [0.05, 0.1) is 27.3 Å². The molecule has 0 aliphatic heterocycles. The van der Waals surface area contributed by atoms with E-state index in [0.29, 0.717) is 29.0 Å². The Kier molecular flexibility index (Phi) is 5.36. The van der Waals surface area contributed by atoms with Gasteiger partial charge in [-0.15, -0.1) is 31.7 Å². The molecule has 12 heteroatoms. The number of aromatic nitrogens is 5. The highest BCUT2D eigenvalue weighted by molar-refractivity contribution is 7.99. The van der Waals surface area contributed by atoms with Crippen molar-refractivity contribution in [3.8, 4) is 11.5 Å². The van der Waals surface area contributed by atoms with E-state index in [2.05, 4.69) is 25.4 Å². The minimum absolute atomic E-state index is 0.00239. The van der Waals surface area contributed by atoms with Crippen molar-refractivity contribution < 1.29 is 13.8 Å². The summed E-state index contributed by atoms with van der Waals surface area (Å²) >= 11 is 2.88. The number of nitro benzene ring substituents is 1. The zero-order valence-electron chi connectivity index (χ0n) is 15.3. The Morgan fingerprint density at radius 3 is 2.66 bits per heavy atom. The molecule has 0 fully saturated rings. The largest absolute Gasteiger partial charge is 0.419 e. The van der Waals surface area contributed by atoms with Gasteiger partial charge in [0.1, 0.15) is 0 Å². The second-order valence-electron chi connectivity index (χ2n) is 6.01. The highest BCUT2D eigenvalue weighted by atomic mass is 32.2. The van der Waals surface area contributed by atoms with Gasteiger partial charge in [-0.1, -0.05) is 11.8 Å². The van der Waals surface area contributed by atoms with Gasteiger partial charge in [-0.05, 0) is 26.0 Å². The van der Waals surface area contributed by atoms with Gasteiger partial charge in [0, 0.05) is 23.1 Å². The number of benzene rings is 1. The van der Waals surface area contributed by atoms with Gasteiger partial charge in [0.15, 0.2) is 0 Å². The van der Waals surface area contributed by atoms with E-state index in [4.69, 9.17) is 8.83 Å². The van der Waals surface area contributed by atoms with Crippen LogP contribution in [0.15, 0.2) is 43.7 Å². The Balaban J connectivity index is 1.41. The molecule has 10 nitrogen and oxygen atoms in total. The van der Waals surface area contributed by atoms with Gasteiger partial charge in [0.2, 0.25) is 17.7 Å². The third-order valence-electron chi connectivity index (χ3n) is 3.84. The average Bonchev–Trinajstić information content (AvgIpc) is 3.44. The second-order valence-corrected chi connectivity index (χ2v) is 8.36. The van der Waals surface area contributed by atoms with E-state index in [1.807, 2.05) is 19.2 Å². The molecule has 1 aromatic carbocycles. The molecular formula is C17H14N6O4S2. The van der Waals surface area contributed by atoms with Gasteiger partial charge in [-0.25, -0.2) is 4.98 Å². The molecule has 1 unspecified atom stereocenters. The zero-order chi connectivity index (χ0) is 20.4. The predicted molar refractivity (Wildman–Crippen MR) is 105 cm³/mol. The summed E-state index contributed by atoms with van der Waals surface area (Å²) < 4.78 is 11.4. The molecule has 0 aliphatic carbocycles. The van der Waals surface area contributed by atoms with E-state index in [1.54, 1.807) is 23.5 Å². The maximum absolute atomic E-state index is 10.7. The smallest absolute Gasteiger partial charge is 0.277 e. The molecule has 4 rings (SSSR count). The van der Waals surface area contributed by atoms with Gasteiger partial charge in [-0.2, -0.15) is 0 Å². The minimum atomic E-state index is -0.462. The van der Waals surface area contributed by atoms with Crippen LogP contribution < -0.4 is 0 Å². The first-order valence-corrected chi connectivity index (χ1v) is 10.2. The molecule has 1 atom stereocenters. The summed E-state index contributed by atoms with van der Waals surface area (Å²) in [7, 11) is 0. The molecule has 3 heterocycles. The average molecular weight is 430 g/mol. The van der Waals surface area contributed by atoms with Crippen LogP contribution in [0.25, 0.3) is 11.5 Å². The Labute approximate surface area is 172 Å². The Hall–Kier alpha value is -3.12. The van der Waals surface area contributed by atoms with Crippen molar-refractivity contribution >= 4 is 28.8 Å². The Morgan fingerprint density at radius 1 is 1.17 bits per heavy atom. The molecule has 148 valence electrons. The normalized spacial score (nSPS) is 12.2. The molecule has 0 spiro atoms. The molecule has 0 aliphatic rings. The lowest BCUT2D eigenvalue weighted by Crippen LogP contribution is -1.88. The van der Waals surface area contributed by atoms with Crippen molar-refractivity contribution in [1.82, 2.24) is 25.4 Å². The Morgan fingerprint density at radius 2 is 1.97 bits per heavy atom. The lowest BCUT2D eigenvalue weighted by molar-refractivity contribution is -0.384. The molecule has 0 N–H and O–H groups in total. The lowest BCUT2D eigenvalue weighted by atomic mass is 10.2. The van der Waals surface area contributed by atoms with E-state index in [1.165, 1.54) is 23.9 Å². The zero-order valence-corrected chi connectivity index (χ0v) is 16.9. The minimum Gasteiger partial charge on any atom is -0.419 e. The highest BCUT2D eigenvalue weighted by Gasteiger charge is 2.20. The van der Waals surface area contributed by atoms with Crippen LogP contribution in [0.2, 0.25) is 0 Å². The lowest BCUT2D eigenvalue weighted by Gasteiger charge is -2.01. The summed E-state index contributed by atoms with van der Waals surface area (Å²) in [5, 5.41) is 30.0. The first kappa shape index (κ1) is 19.2. The summed E-state index contributed by atoms with van der Waals surface area (Å²) in [6, 6.07) is 5.91. The molecule has 4 aromatic rings. The molecular weight excluding hydrogens is 416 g/mol. The fourth-order valence-electron chi connectivity index (χ4n) is 2.44. The summed E-state index contributed by atoms with van der Waals surface area (Å²) in [5.41, 5.74) is 1.49. The number of nitro groups is 1. The van der Waals surface area contributed by atoms with Crippen LogP contribution in [0, 0.1) is 17.0 Å². The molecule has 0 bridgehead atoms. The first-order valence-electron chi connectivity index (χ1n) is 8.46. The number of hydrogen-bond acceptors (Lipinski definition) is 11. The van der Waals surface area contributed by atoms with Crippen LogP contribution in [-0.4, -0.2) is 30.3 Å². The first-order chi connectivity index (χ1) is 14.0. The van der Waals surface area contributed by atoms with Gasteiger partial charge in [0.25, 0.3) is 10.9 Å². The van der Waals surface area contributed by atoms with E-state index in [-0.39, 0.29) is 16.8 Å². The third kappa shape index (κ3) is 4.49. The second kappa shape index (κ2) is 8.09. The number of aryl methyl sites for hydroxylation is 1. The standard InChI is InChI=1S/C17H14N6O4S2/c1-9(29-17-22-19-14(26-17)7-12-8-28-10(2)18-12)15-20-21-16(27-15)11-3-5-13(6-4-11)23(24)25/h3-6,8-9H,7H2,1-2H3. The van der Waals surface area contributed by atoms with Gasteiger partial charge >= 0.3 is 0 Å². The highest BCUT2D eigenvalue weighted by Crippen LogP contribution is 2.34. The topological polar surface area (TPSA) is 134 Å². The number of thiazole rings is 1. The maximum atomic E-state index is 10.7. The van der Waals surface area contributed by atoms with Crippen LogP contribution in [0.3, 0.4) is 0 Å². The van der Waals surface area contributed by atoms with Gasteiger partial charge in [-0.3, -0.25) is 10.1 Å². The van der Waals surface area contributed by atoms with Crippen molar-refractivity contribution in [2.75, 3.05) is 0 Å². The van der Waals surface area contributed by atoms with Crippen molar-refractivity contribution in [2.24, 2.45) is 0 Å². The third-order valence-corrected chi connectivity index (χ3v) is 5.58. The van der Waals surface area contributed by atoms with Crippen molar-refractivity contribution in [3.63, 3.8) is 0 Å². The van der Waals surface area contributed by atoms with Crippen LogP contribution in [0.5, 0.6) is 0 Å². The van der Waals surface area contributed by atoms with Crippen LogP contribution in [0.1, 0.15) is 34.7 Å². The van der Waals surface area contributed by atoms with Crippen molar-refractivity contribution in [2.45, 2.75) is 30.7 Å². The van der Waals surface area contributed by atoms with E-state index < -0.39 is 4.92 Å². The number of thioether (sulfide) groups is 1. The SMILES string of the molecule is Cc1nc(Cc2nnc(SC(C)c3nnc(-c4ccc([N+](=O)[O-])cc4)o3)o2)cs1. The van der Waals surface area contributed by atoms with Crippen LogP contribution in [0.4, 0.5) is 5.69 Å². The number of non-ortho nitro benzene ring substituents is 1. The summed E-state index contributed by atoms with van der Waals surface area (Å²) in [4.78, 5) is 14.7. The maximum Gasteiger partial charge on any atom is 0.277 e. The Bertz CT molecular complexity index is 1140. The molecule has 3 aromatic heterocycles. The fourth-order valence-corrected chi connectivity index (χ4v) is 3.79. The summed E-state index contributed by atoms with van der Waals surface area (Å²) in [5.74, 6) is 1.16. The molecule has 29 heavy (non-hydrogen) atoms. The van der Waals surface area contributed by atoms with E-state index in [0.717, 1.165) is 10.7 Å². The summed E-state index contributed by atoms with van der Waals surface area (Å²) in [6.07, 6.45) is 0.483. The van der Waals surface area contributed by atoms with Gasteiger partial charge < -0.3 is 8.83 Å². The summed E-state index contributed by atoms with van der Waals surface area (Å²) in [6.45, 7) is 3.83. The predicted octanol–water partition coefficient (Wildman–Crippen LogP) is 4.24. The quantitative estimate of drug-likeness (QED) is 0.238. The number of nitrogens with zero attached hydrogens (tertiary/aromatic N) is 6. The van der Waals surface area contributed by atoms with Crippen LogP contribution in [-0.2, 0) is 6.42 Å². The van der Waals surface area contributed by atoms with Crippen molar-refractivity contribution in [3.05, 3.63) is 62.2 Å². The molecule has 0 saturated heterocycles.